The average molecular weight is 363 g/mol. The van der Waals surface area contributed by atoms with E-state index < -0.39 is 5.82 Å². The summed E-state index contributed by atoms with van der Waals surface area (Å²) in [5, 5.41) is 10.8. The number of carbonyl (C=O) groups excluding carboxylic acids is 1. The third kappa shape index (κ3) is 4.39. The maximum atomic E-state index is 13.8. The first-order valence-electron chi connectivity index (χ1n) is 8.60. The van der Waals surface area contributed by atoms with Crippen molar-refractivity contribution in [3.8, 4) is 11.5 Å². The van der Waals surface area contributed by atoms with Crippen LogP contribution in [0, 0.1) is 11.7 Å². The lowest BCUT2D eigenvalue weighted by molar-refractivity contribution is -0.121. The molecule has 2 aromatic rings. The number of benzene rings is 1. The number of nitrogens with one attached hydrogen (secondary N) is 1. The number of amides is 1. The summed E-state index contributed by atoms with van der Waals surface area (Å²) in [6.07, 6.45) is 4.58. The molecule has 1 fully saturated rings. The molecular formula is C18H22FN3O2S. The molecule has 0 saturated heterocycles. The third-order valence-electron chi connectivity index (χ3n) is 4.60. The van der Waals surface area contributed by atoms with Crippen LogP contribution >= 0.6 is 11.8 Å². The second-order valence-corrected chi connectivity index (χ2v) is 7.78. The summed E-state index contributed by atoms with van der Waals surface area (Å²) in [5.41, 5.74) is 0.259. The first kappa shape index (κ1) is 17.9. The van der Waals surface area contributed by atoms with Crippen molar-refractivity contribution in [1.82, 2.24) is 15.5 Å². The van der Waals surface area contributed by atoms with E-state index >= 15 is 0 Å². The maximum absolute atomic E-state index is 13.8. The Morgan fingerprint density at radius 1 is 1.32 bits per heavy atom. The van der Waals surface area contributed by atoms with Gasteiger partial charge in [0.05, 0.1) is 10.8 Å². The van der Waals surface area contributed by atoms with Crippen LogP contribution in [0.4, 0.5) is 4.39 Å². The molecule has 134 valence electrons. The van der Waals surface area contributed by atoms with Crippen LogP contribution in [0.2, 0.25) is 0 Å². The van der Waals surface area contributed by atoms with Gasteiger partial charge in [0.2, 0.25) is 5.91 Å². The smallest absolute Gasteiger partial charge is 0.277 e. The van der Waals surface area contributed by atoms with Crippen molar-refractivity contribution in [3.05, 3.63) is 30.1 Å². The van der Waals surface area contributed by atoms with E-state index in [1.807, 2.05) is 0 Å². The Morgan fingerprint density at radius 3 is 2.84 bits per heavy atom. The summed E-state index contributed by atoms with van der Waals surface area (Å²) in [6.45, 7) is 3.99. The van der Waals surface area contributed by atoms with Crippen LogP contribution in [0.25, 0.3) is 11.5 Å². The number of hydrogen-bond donors (Lipinski definition) is 1. The molecule has 1 heterocycles. The van der Waals surface area contributed by atoms with E-state index in [4.69, 9.17) is 4.42 Å². The molecule has 3 atom stereocenters. The summed E-state index contributed by atoms with van der Waals surface area (Å²) in [5.74, 6) is 0.175. The number of nitrogens with zero attached hydrogens (tertiary/aromatic N) is 2. The summed E-state index contributed by atoms with van der Waals surface area (Å²) < 4.78 is 19.3. The van der Waals surface area contributed by atoms with Gasteiger partial charge in [-0.3, -0.25) is 4.79 Å². The average Bonchev–Trinajstić information content (AvgIpc) is 3.05. The van der Waals surface area contributed by atoms with Crippen LogP contribution in [0.5, 0.6) is 0 Å². The molecule has 0 spiro atoms. The zero-order chi connectivity index (χ0) is 17.8. The van der Waals surface area contributed by atoms with Gasteiger partial charge in [0, 0.05) is 6.04 Å². The van der Waals surface area contributed by atoms with Crippen molar-refractivity contribution in [2.45, 2.75) is 56.0 Å². The minimum Gasteiger partial charge on any atom is -0.411 e. The standard InChI is InChI=1S/C18H22FN3O2S/c1-11-7-3-6-10-15(11)20-16(23)12(2)25-18-22-21-17(24-18)13-8-4-5-9-14(13)19/h4-5,8-9,11-12,15H,3,6-7,10H2,1-2H3,(H,20,23)/t11-,12+,15-/m0/s1. The van der Waals surface area contributed by atoms with Gasteiger partial charge in [-0.15, -0.1) is 10.2 Å². The number of halogens is 1. The van der Waals surface area contributed by atoms with Gasteiger partial charge >= 0.3 is 0 Å². The summed E-state index contributed by atoms with van der Waals surface area (Å²) in [7, 11) is 0. The van der Waals surface area contributed by atoms with E-state index in [2.05, 4.69) is 22.4 Å². The molecule has 7 heteroatoms. The van der Waals surface area contributed by atoms with Crippen LogP contribution in [0.1, 0.15) is 39.5 Å². The zero-order valence-corrected chi connectivity index (χ0v) is 15.2. The van der Waals surface area contributed by atoms with Crippen LogP contribution < -0.4 is 5.32 Å². The lowest BCUT2D eigenvalue weighted by Crippen LogP contribution is -2.44. The fourth-order valence-electron chi connectivity index (χ4n) is 3.04. The second-order valence-electron chi connectivity index (χ2n) is 6.49. The molecule has 1 aromatic carbocycles. The van der Waals surface area contributed by atoms with Gasteiger partial charge in [0.25, 0.3) is 11.1 Å². The van der Waals surface area contributed by atoms with E-state index in [9.17, 15) is 9.18 Å². The van der Waals surface area contributed by atoms with Gasteiger partial charge in [0.1, 0.15) is 5.82 Å². The zero-order valence-electron chi connectivity index (χ0n) is 14.4. The summed E-state index contributed by atoms with van der Waals surface area (Å²) >= 11 is 1.19. The Labute approximate surface area is 150 Å². The SMILES string of the molecule is C[C@@H](Sc1nnc(-c2ccccc2F)o1)C(=O)N[C@H]1CCCC[C@@H]1C. The molecule has 0 radical (unpaired) electrons. The molecule has 0 aliphatic heterocycles. The topological polar surface area (TPSA) is 68.0 Å². The van der Waals surface area contributed by atoms with Gasteiger partial charge < -0.3 is 9.73 Å². The minimum atomic E-state index is -0.417. The summed E-state index contributed by atoms with van der Waals surface area (Å²) in [4.78, 5) is 12.4. The van der Waals surface area contributed by atoms with Crippen molar-refractivity contribution in [1.29, 1.82) is 0 Å². The number of carbonyl (C=O) groups is 1. The molecule has 1 saturated carbocycles. The fraction of sp³-hybridized carbons (Fsp3) is 0.500. The highest BCUT2D eigenvalue weighted by atomic mass is 32.2. The molecule has 1 N–H and O–H groups in total. The molecule has 1 aromatic heterocycles. The molecule has 1 aliphatic rings. The Morgan fingerprint density at radius 2 is 2.08 bits per heavy atom. The van der Waals surface area contributed by atoms with Crippen molar-refractivity contribution in [2.75, 3.05) is 0 Å². The normalized spacial score (nSPS) is 21.7. The Kier molecular flexibility index (Phi) is 5.73. The fourth-order valence-corrected chi connectivity index (χ4v) is 3.73. The monoisotopic (exact) mass is 363 g/mol. The lowest BCUT2D eigenvalue weighted by Gasteiger charge is -2.30. The van der Waals surface area contributed by atoms with Crippen LogP contribution in [-0.2, 0) is 4.79 Å². The second kappa shape index (κ2) is 7.99. The van der Waals surface area contributed by atoms with Gasteiger partial charge in [-0.1, -0.05) is 43.7 Å². The van der Waals surface area contributed by atoms with Crippen molar-refractivity contribution in [3.63, 3.8) is 0 Å². The van der Waals surface area contributed by atoms with E-state index in [-0.39, 0.29) is 33.9 Å². The van der Waals surface area contributed by atoms with Crippen molar-refractivity contribution >= 4 is 17.7 Å². The van der Waals surface area contributed by atoms with Crippen molar-refractivity contribution < 1.29 is 13.6 Å². The maximum Gasteiger partial charge on any atom is 0.277 e. The predicted octanol–water partition coefficient (Wildman–Crippen LogP) is 4.05. The molecule has 25 heavy (non-hydrogen) atoms. The Hall–Kier alpha value is -1.89. The third-order valence-corrected chi connectivity index (χ3v) is 5.53. The first-order chi connectivity index (χ1) is 12.0. The Bertz CT molecular complexity index is 737. The Balaban J connectivity index is 1.60. The van der Waals surface area contributed by atoms with Crippen molar-refractivity contribution in [2.24, 2.45) is 5.92 Å². The van der Waals surface area contributed by atoms with Crippen LogP contribution in [-0.4, -0.2) is 27.4 Å². The highest BCUT2D eigenvalue weighted by Gasteiger charge is 2.26. The molecule has 0 unspecified atom stereocenters. The van der Waals surface area contributed by atoms with E-state index in [0.29, 0.717) is 5.92 Å². The van der Waals surface area contributed by atoms with Crippen LogP contribution in [0.15, 0.2) is 33.9 Å². The molecular weight excluding hydrogens is 341 g/mol. The quantitative estimate of drug-likeness (QED) is 0.812. The van der Waals surface area contributed by atoms with Gasteiger partial charge in [-0.2, -0.15) is 0 Å². The highest BCUT2D eigenvalue weighted by molar-refractivity contribution is 8.00. The lowest BCUT2D eigenvalue weighted by atomic mass is 9.86. The van der Waals surface area contributed by atoms with Crippen LogP contribution in [0.3, 0.4) is 0 Å². The van der Waals surface area contributed by atoms with E-state index in [0.717, 1.165) is 19.3 Å². The van der Waals surface area contributed by atoms with Gasteiger partial charge in [-0.25, -0.2) is 4.39 Å². The number of hydrogen-bond acceptors (Lipinski definition) is 5. The number of aromatic nitrogens is 2. The predicted molar refractivity (Wildman–Crippen MR) is 94.6 cm³/mol. The molecule has 1 amide bonds. The van der Waals surface area contributed by atoms with E-state index in [1.165, 1.54) is 24.2 Å². The molecule has 3 rings (SSSR count). The molecule has 0 bridgehead atoms. The molecule has 5 nitrogen and oxygen atoms in total. The largest absolute Gasteiger partial charge is 0.411 e. The summed E-state index contributed by atoms with van der Waals surface area (Å²) in [6, 6.07) is 6.47. The van der Waals surface area contributed by atoms with Gasteiger partial charge in [0.15, 0.2) is 0 Å². The number of thioether (sulfide) groups is 1. The number of rotatable bonds is 5. The first-order valence-corrected chi connectivity index (χ1v) is 9.48. The highest BCUT2D eigenvalue weighted by Crippen LogP contribution is 2.28. The minimum absolute atomic E-state index is 0.0330. The molecule has 1 aliphatic carbocycles. The van der Waals surface area contributed by atoms with Gasteiger partial charge in [-0.05, 0) is 37.8 Å². The van der Waals surface area contributed by atoms with E-state index in [1.54, 1.807) is 25.1 Å².